The molecule has 0 aliphatic carbocycles. The van der Waals surface area contributed by atoms with Crippen LogP contribution in [0.3, 0.4) is 0 Å². The maximum Gasteiger partial charge on any atom is 0.435 e. The summed E-state index contributed by atoms with van der Waals surface area (Å²) in [6, 6.07) is 6.72. The summed E-state index contributed by atoms with van der Waals surface area (Å²) in [6.45, 7) is 4.24. The number of piperazine rings is 1. The third-order valence-corrected chi connectivity index (χ3v) is 4.99. The first kappa shape index (κ1) is 21.3. The molecule has 0 spiro atoms. The van der Waals surface area contributed by atoms with Crippen molar-refractivity contribution in [1.82, 2.24) is 24.9 Å². The number of likely N-dealkylation sites (N-methyl/N-ethyl adjacent to an activating group) is 1. The molecule has 1 N–H and O–H groups in total. The number of carbonyl (C=O) groups excluding carboxylic acids is 1. The molecule has 0 saturated carbocycles. The van der Waals surface area contributed by atoms with Crippen molar-refractivity contribution in [2.75, 3.05) is 46.3 Å². The van der Waals surface area contributed by atoms with E-state index < -0.39 is 23.6 Å². The van der Waals surface area contributed by atoms with Crippen molar-refractivity contribution in [1.29, 1.82) is 0 Å². The highest BCUT2D eigenvalue weighted by Crippen LogP contribution is 2.28. The van der Waals surface area contributed by atoms with Crippen LogP contribution in [0.1, 0.15) is 21.7 Å². The SMILES string of the molecule is CN1CCN(CCN(Cc2ccccc2F)C(=O)c2cc(C(F)(F)F)n[nH]2)CC1. The Balaban J connectivity index is 1.75. The van der Waals surface area contributed by atoms with Crippen LogP contribution in [-0.4, -0.2) is 77.1 Å². The Morgan fingerprint density at radius 3 is 2.52 bits per heavy atom. The molecule has 2 aromatic rings. The van der Waals surface area contributed by atoms with Crippen molar-refractivity contribution in [3.8, 4) is 0 Å². The smallest absolute Gasteiger partial charge is 0.332 e. The van der Waals surface area contributed by atoms with Gasteiger partial charge in [0.1, 0.15) is 11.5 Å². The van der Waals surface area contributed by atoms with Gasteiger partial charge in [-0.25, -0.2) is 4.39 Å². The maximum absolute atomic E-state index is 14.1. The highest BCUT2D eigenvalue weighted by Gasteiger charge is 2.35. The van der Waals surface area contributed by atoms with Gasteiger partial charge in [-0.05, 0) is 13.1 Å². The largest absolute Gasteiger partial charge is 0.435 e. The molecule has 0 bridgehead atoms. The van der Waals surface area contributed by atoms with E-state index in [1.165, 1.54) is 11.0 Å². The Bertz CT molecular complexity index is 830. The molecule has 10 heteroatoms. The molecule has 1 aliphatic rings. The number of carbonyl (C=O) groups is 1. The lowest BCUT2D eigenvalue weighted by atomic mass is 10.2. The molecule has 3 rings (SSSR count). The molecule has 29 heavy (non-hydrogen) atoms. The van der Waals surface area contributed by atoms with Crippen LogP contribution >= 0.6 is 0 Å². The van der Waals surface area contributed by atoms with Crippen LogP contribution in [-0.2, 0) is 12.7 Å². The summed E-state index contributed by atoms with van der Waals surface area (Å²) >= 11 is 0. The average molecular weight is 413 g/mol. The number of nitrogens with one attached hydrogen (secondary N) is 1. The summed E-state index contributed by atoms with van der Waals surface area (Å²) in [5.41, 5.74) is -1.13. The molecule has 1 saturated heterocycles. The molecular weight excluding hydrogens is 390 g/mol. The Kier molecular flexibility index (Phi) is 6.53. The van der Waals surface area contributed by atoms with E-state index in [1.807, 2.05) is 7.05 Å². The first-order valence-electron chi connectivity index (χ1n) is 9.30. The summed E-state index contributed by atoms with van der Waals surface area (Å²) in [5.74, 6) is -1.11. The summed E-state index contributed by atoms with van der Waals surface area (Å²) in [5, 5.41) is 5.35. The third-order valence-electron chi connectivity index (χ3n) is 4.99. The number of halogens is 4. The fraction of sp³-hybridized carbons (Fsp3) is 0.474. The lowest BCUT2D eigenvalue weighted by Crippen LogP contribution is -2.47. The van der Waals surface area contributed by atoms with Gasteiger partial charge in [-0.3, -0.25) is 14.8 Å². The standard InChI is InChI=1S/C19H23F4N5O/c1-26-6-8-27(9-7-26)10-11-28(13-14-4-2-3-5-15(14)20)18(29)16-12-17(25-24-16)19(21,22)23/h2-5,12H,6-11,13H2,1H3,(H,24,25). The van der Waals surface area contributed by atoms with Crippen molar-refractivity contribution in [2.45, 2.75) is 12.7 Å². The number of alkyl halides is 3. The van der Waals surface area contributed by atoms with E-state index in [0.29, 0.717) is 18.2 Å². The average Bonchev–Trinajstić information content (AvgIpc) is 3.18. The Morgan fingerprint density at radius 2 is 1.90 bits per heavy atom. The minimum absolute atomic E-state index is 0.0420. The number of aromatic nitrogens is 2. The number of rotatable bonds is 6. The first-order chi connectivity index (χ1) is 13.7. The molecular formula is C19H23F4N5O. The number of amides is 1. The fourth-order valence-corrected chi connectivity index (χ4v) is 3.17. The van der Waals surface area contributed by atoms with Crippen molar-refractivity contribution < 1.29 is 22.4 Å². The van der Waals surface area contributed by atoms with Gasteiger partial charge in [0.2, 0.25) is 0 Å². The van der Waals surface area contributed by atoms with E-state index in [4.69, 9.17) is 0 Å². The van der Waals surface area contributed by atoms with E-state index >= 15 is 0 Å². The first-order valence-corrected chi connectivity index (χ1v) is 9.30. The van der Waals surface area contributed by atoms with Gasteiger partial charge < -0.3 is 9.80 Å². The van der Waals surface area contributed by atoms with Gasteiger partial charge in [0.05, 0.1) is 0 Å². The van der Waals surface area contributed by atoms with Crippen LogP contribution in [0.15, 0.2) is 30.3 Å². The third kappa shape index (κ3) is 5.54. The predicted molar refractivity (Wildman–Crippen MR) is 98.7 cm³/mol. The molecule has 1 amide bonds. The molecule has 0 unspecified atom stereocenters. The number of nitrogens with zero attached hydrogens (tertiary/aromatic N) is 4. The lowest BCUT2D eigenvalue weighted by molar-refractivity contribution is -0.141. The van der Waals surface area contributed by atoms with Crippen molar-refractivity contribution in [3.05, 3.63) is 53.1 Å². The van der Waals surface area contributed by atoms with E-state index in [1.54, 1.807) is 18.2 Å². The minimum Gasteiger partial charge on any atom is -0.332 e. The van der Waals surface area contributed by atoms with Gasteiger partial charge in [-0.1, -0.05) is 18.2 Å². The van der Waals surface area contributed by atoms with Crippen LogP contribution in [0.25, 0.3) is 0 Å². The molecule has 0 atom stereocenters. The second-order valence-corrected chi connectivity index (χ2v) is 7.13. The zero-order chi connectivity index (χ0) is 21.0. The van der Waals surface area contributed by atoms with Gasteiger partial charge in [0.15, 0.2) is 5.69 Å². The molecule has 1 fully saturated rings. The summed E-state index contributed by atoms with van der Waals surface area (Å²) < 4.78 is 52.6. The lowest BCUT2D eigenvalue weighted by Gasteiger charge is -2.34. The molecule has 0 radical (unpaired) electrons. The van der Waals surface area contributed by atoms with E-state index in [9.17, 15) is 22.4 Å². The predicted octanol–water partition coefficient (Wildman–Crippen LogP) is 2.46. The molecule has 2 heterocycles. The molecule has 1 aliphatic heterocycles. The van der Waals surface area contributed by atoms with Crippen LogP contribution in [0.4, 0.5) is 17.6 Å². The summed E-state index contributed by atoms with van der Waals surface area (Å²) in [7, 11) is 2.03. The van der Waals surface area contributed by atoms with Crippen molar-refractivity contribution >= 4 is 5.91 Å². The number of H-pyrrole nitrogens is 1. The molecule has 1 aromatic heterocycles. The second-order valence-electron chi connectivity index (χ2n) is 7.13. The van der Waals surface area contributed by atoms with Crippen LogP contribution in [0, 0.1) is 5.82 Å². The highest BCUT2D eigenvalue weighted by atomic mass is 19.4. The Labute approximate surface area is 166 Å². The zero-order valence-electron chi connectivity index (χ0n) is 16.0. The van der Waals surface area contributed by atoms with E-state index in [-0.39, 0.29) is 18.8 Å². The topological polar surface area (TPSA) is 55.5 Å². The maximum atomic E-state index is 14.1. The number of hydrogen-bond donors (Lipinski definition) is 1. The van der Waals surface area contributed by atoms with E-state index in [0.717, 1.165) is 26.2 Å². The second kappa shape index (κ2) is 8.91. The van der Waals surface area contributed by atoms with Crippen LogP contribution in [0.2, 0.25) is 0 Å². The van der Waals surface area contributed by atoms with Crippen LogP contribution < -0.4 is 0 Å². The van der Waals surface area contributed by atoms with Gasteiger partial charge in [-0.15, -0.1) is 0 Å². The van der Waals surface area contributed by atoms with Gasteiger partial charge in [0, 0.05) is 57.4 Å². The summed E-state index contributed by atoms with van der Waals surface area (Å²) in [4.78, 5) is 18.6. The van der Waals surface area contributed by atoms with Gasteiger partial charge in [-0.2, -0.15) is 18.3 Å². The molecule has 158 valence electrons. The number of benzene rings is 1. The monoisotopic (exact) mass is 413 g/mol. The van der Waals surface area contributed by atoms with Gasteiger partial charge in [0.25, 0.3) is 5.91 Å². The quantitative estimate of drug-likeness (QED) is 0.740. The fourth-order valence-electron chi connectivity index (χ4n) is 3.17. The van der Waals surface area contributed by atoms with Crippen LogP contribution in [0.5, 0.6) is 0 Å². The Hall–Kier alpha value is -2.46. The number of hydrogen-bond acceptors (Lipinski definition) is 4. The Morgan fingerprint density at radius 1 is 1.21 bits per heavy atom. The summed E-state index contributed by atoms with van der Waals surface area (Å²) in [6.07, 6.45) is -4.65. The normalized spacial score (nSPS) is 16.2. The highest BCUT2D eigenvalue weighted by molar-refractivity contribution is 5.92. The molecule has 6 nitrogen and oxygen atoms in total. The van der Waals surface area contributed by atoms with E-state index in [2.05, 4.69) is 20.0 Å². The van der Waals surface area contributed by atoms with Crippen molar-refractivity contribution in [2.24, 2.45) is 0 Å². The van der Waals surface area contributed by atoms with Gasteiger partial charge >= 0.3 is 6.18 Å². The minimum atomic E-state index is -4.65. The van der Waals surface area contributed by atoms with Crippen molar-refractivity contribution in [3.63, 3.8) is 0 Å². The zero-order valence-corrected chi connectivity index (χ0v) is 16.0. The molecule has 1 aromatic carbocycles. The number of aromatic amines is 1.